The van der Waals surface area contributed by atoms with E-state index in [2.05, 4.69) is 4.98 Å². The zero-order chi connectivity index (χ0) is 12.5. The van der Waals surface area contributed by atoms with E-state index in [9.17, 15) is 9.90 Å². The molecular formula is C13H18N2O2. The molecule has 1 amide bonds. The van der Waals surface area contributed by atoms with Gasteiger partial charge < -0.3 is 10.0 Å². The number of aryl methyl sites for hydroxylation is 1. The lowest BCUT2D eigenvalue weighted by Gasteiger charge is -2.37. The lowest BCUT2D eigenvalue weighted by atomic mass is 9.94. The lowest BCUT2D eigenvalue weighted by Crippen LogP contribution is -2.48. The van der Waals surface area contributed by atoms with Gasteiger partial charge in [-0.05, 0) is 38.8 Å². The van der Waals surface area contributed by atoms with Gasteiger partial charge in [-0.25, -0.2) is 0 Å². The number of amides is 1. The average molecular weight is 234 g/mol. The van der Waals surface area contributed by atoms with Crippen molar-refractivity contribution in [3.8, 4) is 0 Å². The highest BCUT2D eigenvalue weighted by atomic mass is 16.3. The van der Waals surface area contributed by atoms with Gasteiger partial charge in [0.25, 0.3) is 5.91 Å². The van der Waals surface area contributed by atoms with E-state index in [0.29, 0.717) is 18.7 Å². The molecular weight excluding hydrogens is 216 g/mol. The number of pyridine rings is 1. The minimum Gasteiger partial charge on any atom is -0.388 e. The van der Waals surface area contributed by atoms with Crippen LogP contribution in [0.25, 0.3) is 0 Å². The Labute approximate surface area is 101 Å². The number of aromatic nitrogens is 1. The summed E-state index contributed by atoms with van der Waals surface area (Å²) in [6, 6.07) is 3.55. The van der Waals surface area contributed by atoms with E-state index < -0.39 is 5.60 Å². The minimum atomic E-state index is -0.760. The summed E-state index contributed by atoms with van der Waals surface area (Å²) in [7, 11) is 0. The highest BCUT2D eigenvalue weighted by Crippen LogP contribution is 2.22. The Morgan fingerprint density at radius 3 is 3.00 bits per heavy atom. The number of β-amino-alcohol motifs (C(OH)–C–C–N with tert-alkyl or cyclic N) is 1. The van der Waals surface area contributed by atoms with E-state index in [1.807, 2.05) is 6.92 Å². The number of aliphatic hydroxyl groups is 1. The second-order valence-electron chi connectivity index (χ2n) is 4.96. The number of nitrogens with zero attached hydrogens (tertiary/aromatic N) is 2. The van der Waals surface area contributed by atoms with Gasteiger partial charge in [0.1, 0.15) is 0 Å². The second kappa shape index (κ2) is 4.45. The molecule has 1 atom stereocenters. The van der Waals surface area contributed by atoms with Gasteiger partial charge >= 0.3 is 0 Å². The lowest BCUT2D eigenvalue weighted by molar-refractivity contribution is -0.0107. The maximum atomic E-state index is 12.3. The minimum absolute atomic E-state index is 0.0319. The molecule has 1 N–H and O–H groups in total. The maximum absolute atomic E-state index is 12.3. The largest absolute Gasteiger partial charge is 0.388 e. The van der Waals surface area contributed by atoms with Crippen molar-refractivity contribution in [2.45, 2.75) is 32.3 Å². The smallest absolute Gasteiger partial charge is 0.255 e. The Kier molecular flexibility index (Phi) is 3.15. The fourth-order valence-corrected chi connectivity index (χ4v) is 2.27. The first-order valence-electron chi connectivity index (χ1n) is 5.93. The summed E-state index contributed by atoms with van der Waals surface area (Å²) >= 11 is 0. The second-order valence-corrected chi connectivity index (χ2v) is 4.96. The fraction of sp³-hybridized carbons (Fsp3) is 0.538. The molecule has 1 aliphatic rings. The molecule has 0 aliphatic carbocycles. The zero-order valence-electron chi connectivity index (χ0n) is 10.3. The summed E-state index contributed by atoms with van der Waals surface area (Å²) in [5.41, 5.74) is 0.609. The molecule has 1 saturated heterocycles. The van der Waals surface area contributed by atoms with Crippen molar-refractivity contribution >= 4 is 5.91 Å². The van der Waals surface area contributed by atoms with Gasteiger partial charge in [-0.3, -0.25) is 9.78 Å². The van der Waals surface area contributed by atoms with Crippen LogP contribution in [0.3, 0.4) is 0 Å². The fourth-order valence-electron chi connectivity index (χ4n) is 2.27. The molecule has 2 rings (SSSR count). The summed E-state index contributed by atoms with van der Waals surface area (Å²) in [6.07, 6.45) is 3.28. The van der Waals surface area contributed by atoms with E-state index in [0.717, 1.165) is 18.5 Å². The van der Waals surface area contributed by atoms with E-state index in [-0.39, 0.29) is 5.91 Å². The molecule has 0 spiro atoms. The summed E-state index contributed by atoms with van der Waals surface area (Å²) in [6.45, 7) is 4.72. The topological polar surface area (TPSA) is 53.4 Å². The molecule has 4 heteroatoms. The van der Waals surface area contributed by atoms with Gasteiger partial charge in [0, 0.05) is 25.0 Å². The van der Waals surface area contributed by atoms with Crippen molar-refractivity contribution in [1.82, 2.24) is 9.88 Å². The van der Waals surface area contributed by atoms with Crippen LogP contribution in [0, 0.1) is 6.92 Å². The third-order valence-corrected chi connectivity index (χ3v) is 3.20. The number of carbonyl (C=O) groups is 1. The number of hydrogen-bond acceptors (Lipinski definition) is 3. The molecule has 4 nitrogen and oxygen atoms in total. The van der Waals surface area contributed by atoms with Crippen LogP contribution >= 0.6 is 0 Å². The van der Waals surface area contributed by atoms with Gasteiger partial charge in [0.15, 0.2) is 0 Å². The van der Waals surface area contributed by atoms with E-state index in [1.165, 1.54) is 0 Å². The number of hydrogen-bond donors (Lipinski definition) is 1. The van der Waals surface area contributed by atoms with Crippen LogP contribution in [0.1, 0.15) is 35.8 Å². The summed E-state index contributed by atoms with van der Waals surface area (Å²) in [5.74, 6) is -0.0319. The Hall–Kier alpha value is -1.42. The van der Waals surface area contributed by atoms with Gasteiger partial charge in [-0.15, -0.1) is 0 Å². The normalized spacial score (nSPS) is 24.8. The molecule has 1 aromatic rings. The molecule has 1 aromatic heterocycles. The molecule has 17 heavy (non-hydrogen) atoms. The van der Waals surface area contributed by atoms with E-state index >= 15 is 0 Å². The maximum Gasteiger partial charge on any atom is 0.255 e. The van der Waals surface area contributed by atoms with Crippen molar-refractivity contribution in [2.75, 3.05) is 13.1 Å². The van der Waals surface area contributed by atoms with Crippen LogP contribution in [0.5, 0.6) is 0 Å². The number of likely N-dealkylation sites (tertiary alicyclic amines) is 1. The standard InChI is InChI=1S/C13H18N2O2/c1-10-11(5-3-7-14-10)12(16)15-8-4-6-13(2,17)9-15/h3,5,7,17H,4,6,8-9H2,1-2H3. The van der Waals surface area contributed by atoms with Crippen LogP contribution in [0.15, 0.2) is 18.3 Å². The number of carbonyl (C=O) groups excluding carboxylic acids is 1. The Morgan fingerprint density at radius 1 is 1.59 bits per heavy atom. The van der Waals surface area contributed by atoms with Crippen LogP contribution in [-0.2, 0) is 0 Å². The van der Waals surface area contributed by atoms with Crippen LogP contribution in [0.2, 0.25) is 0 Å². The van der Waals surface area contributed by atoms with Crippen LogP contribution in [-0.4, -0.2) is 39.6 Å². The van der Waals surface area contributed by atoms with E-state index in [1.54, 1.807) is 30.2 Å². The van der Waals surface area contributed by atoms with Crippen LogP contribution in [0.4, 0.5) is 0 Å². The molecule has 0 aromatic carbocycles. The van der Waals surface area contributed by atoms with Crippen molar-refractivity contribution in [2.24, 2.45) is 0 Å². The predicted molar refractivity (Wildman–Crippen MR) is 64.7 cm³/mol. The van der Waals surface area contributed by atoms with Crippen molar-refractivity contribution in [1.29, 1.82) is 0 Å². The van der Waals surface area contributed by atoms with Crippen molar-refractivity contribution in [3.05, 3.63) is 29.6 Å². The van der Waals surface area contributed by atoms with E-state index in [4.69, 9.17) is 0 Å². The summed E-state index contributed by atoms with van der Waals surface area (Å²) in [5, 5.41) is 10.0. The SMILES string of the molecule is Cc1ncccc1C(=O)N1CCCC(C)(O)C1. The van der Waals surface area contributed by atoms with Gasteiger partial charge in [0.2, 0.25) is 0 Å². The molecule has 0 radical (unpaired) electrons. The molecule has 92 valence electrons. The molecule has 0 bridgehead atoms. The predicted octanol–water partition coefficient (Wildman–Crippen LogP) is 1.38. The zero-order valence-corrected chi connectivity index (χ0v) is 10.3. The highest BCUT2D eigenvalue weighted by Gasteiger charge is 2.31. The molecule has 0 saturated carbocycles. The first-order valence-corrected chi connectivity index (χ1v) is 5.93. The molecule has 1 unspecified atom stereocenters. The molecule has 2 heterocycles. The Balaban J connectivity index is 2.18. The monoisotopic (exact) mass is 234 g/mol. The first-order chi connectivity index (χ1) is 7.99. The summed E-state index contributed by atoms with van der Waals surface area (Å²) in [4.78, 5) is 18.1. The van der Waals surface area contributed by atoms with Crippen molar-refractivity contribution < 1.29 is 9.90 Å². The van der Waals surface area contributed by atoms with Gasteiger partial charge in [-0.1, -0.05) is 0 Å². The quantitative estimate of drug-likeness (QED) is 0.798. The third kappa shape index (κ3) is 2.64. The molecule has 1 fully saturated rings. The van der Waals surface area contributed by atoms with Crippen molar-refractivity contribution in [3.63, 3.8) is 0 Å². The summed E-state index contributed by atoms with van der Waals surface area (Å²) < 4.78 is 0. The highest BCUT2D eigenvalue weighted by molar-refractivity contribution is 5.95. The average Bonchev–Trinajstić information content (AvgIpc) is 2.27. The van der Waals surface area contributed by atoms with Gasteiger partial charge in [0.05, 0.1) is 11.2 Å². The number of piperidine rings is 1. The van der Waals surface area contributed by atoms with Gasteiger partial charge in [-0.2, -0.15) is 0 Å². The number of rotatable bonds is 1. The van der Waals surface area contributed by atoms with Crippen LogP contribution < -0.4 is 0 Å². The Morgan fingerprint density at radius 2 is 2.35 bits per heavy atom. The molecule has 1 aliphatic heterocycles. The Bertz CT molecular complexity index is 429. The third-order valence-electron chi connectivity index (χ3n) is 3.20. The first kappa shape index (κ1) is 12.0.